The number of nitrogens with one attached hydrogen (secondary N) is 3. The second kappa shape index (κ2) is 9.75. The molecule has 3 aromatic rings. The minimum absolute atomic E-state index is 0.390. The third kappa shape index (κ3) is 5.26. The number of amides is 2. The molecule has 0 spiro atoms. The van der Waals surface area contributed by atoms with Crippen LogP contribution in [0.3, 0.4) is 0 Å². The van der Waals surface area contributed by atoms with E-state index in [0.29, 0.717) is 22.7 Å². The molecule has 8 nitrogen and oxygen atoms in total. The number of carbonyl (C=O) groups excluding carboxylic acids is 2. The molecular weight excluding hydrogens is 404 g/mol. The van der Waals surface area contributed by atoms with Gasteiger partial charge in [0.15, 0.2) is 10.9 Å². The van der Waals surface area contributed by atoms with Crippen molar-refractivity contribution >= 4 is 24.0 Å². The first-order chi connectivity index (χ1) is 14.5. The van der Waals surface area contributed by atoms with E-state index in [-0.39, 0.29) is 0 Å². The van der Waals surface area contributed by atoms with Crippen LogP contribution in [-0.4, -0.2) is 34.1 Å². The van der Waals surface area contributed by atoms with Crippen LogP contribution in [0, 0.1) is 4.77 Å². The fraction of sp³-hybridized carbons (Fsp3) is 0.190. The highest BCUT2D eigenvalue weighted by Gasteiger charge is 2.16. The van der Waals surface area contributed by atoms with Crippen LogP contribution in [0.2, 0.25) is 0 Å². The van der Waals surface area contributed by atoms with E-state index in [9.17, 15) is 9.59 Å². The molecular formula is C21H22N4O4S. The molecule has 0 aliphatic carbocycles. The molecule has 0 aliphatic heterocycles. The molecule has 9 heteroatoms. The largest absolute Gasteiger partial charge is 0.494 e. The Labute approximate surface area is 178 Å². The Kier molecular flexibility index (Phi) is 6.87. The first kappa shape index (κ1) is 21.1. The summed E-state index contributed by atoms with van der Waals surface area (Å²) in [5, 5.41) is 0. The van der Waals surface area contributed by atoms with E-state index in [2.05, 4.69) is 15.8 Å². The van der Waals surface area contributed by atoms with Gasteiger partial charge in [-0.15, -0.1) is 0 Å². The molecule has 3 rings (SSSR count). The van der Waals surface area contributed by atoms with Crippen molar-refractivity contribution in [1.82, 2.24) is 20.4 Å². The summed E-state index contributed by atoms with van der Waals surface area (Å²) in [4.78, 5) is 27.4. The second-order valence-electron chi connectivity index (χ2n) is 6.29. The van der Waals surface area contributed by atoms with E-state index in [1.165, 1.54) is 0 Å². The van der Waals surface area contributed by atoms with Gasteiger partial charge in [-0.2, -0.15) is 0 Å². The zero-order valence-electron chi connectivity index (χ0n) is 16.5. The zero-order chi connectivity index (χ0) is 21.5. The van der Waals surface area contributed by atoms with Gasteiger partial charge in [0.1, 0.15) is 11.5 Å². The molecule has 30 heavy (non-hydrogen) atoms. The van der Waals surface area contributed by atoms with Crippen LogP contribution < -0.4 is 20.3 Å². The predicted octanol–water partition coefficient (Wildman–Crippen LogP) is 3.16. The number of hydrogen-bond donors (Lipinski definition) is 3. The van der Waals surface area contributed by atoms with E-state index in [1.807, 2.05) is 6.92 Å². The van der Waals surface area contributed by atoms with Crippen molar-refractivity contribution in [2.24, 2.45) is 0 Å². The molecule has 0 fully saturated rings. The second-order valence-corrected chi connectivity index (χ2v) is 6.68. The highest BCUT2D eigenvalue weighted by Crippen LogP contribution is 2.18. The van der Waals surface area contributed by atoms with Gasteiger partial charge in [0.25, 0.3) is 11.8 Å². The Balaban J connectivity index is 1.51. The van der Waals surface area contributed by atoms with E-state index in [4.69, 9.17) is 21.7 Å². The third-order valence-corrected chi connectivity index (χ3v) is 4.49. The Morgan fingerprint density at radius 1 is 1.07 bits per heavy atom. The number of nitrogens with zero attached hydrogens (tertiary/aromatic N) is 1. The molecule has 0 bridgehead atoms. The number of aromatic nitrogens is 2. The Morgan fingerprint density at radius 2 is 1.73 bits per heavy atom. The molecule has 1 aromatic heterocycles. The molecule has 0 radical (unpaired) electrons. The van der Waals surface area contributed by atoms with Crippen molar-refractivity contribution in [3.8, 4) is 17.2 Å². The molecule has 1 heterocycles. The molecule has 0 aliphatic rings. The smallest absolute Gasteiger partial charge is 0.279 e. The Morgan fingerprint density at radius 3 is 2.33 bits per heavy atom. The molecule has 2 aromatic carbocycles. The summed E-state index contributed by atoms with van der Waals surface area (Å²) in [7, 11) is 0. The van der Waals surface area contributed by atoms with Crippen LogP contribution >= 0.6 is 12.2 Å². The lowest BCUT2D eigenvalue weighted by Gasteiger charge is -2.15. The Hall–Kier alpha value is -3.59. The molecule has 1 unspecified atom stereocenters. The van der Waals surface area contributed by atoms with Crippen molar-refractivity contribution in [2.45, 2.75) is 20.0 Å². The number of rotatable bonds is 7. The van der Waals surface area contributed by atoms with Crippen LogP contribution in [-0.2, 0) is 4.79 Å². The summed E-state index contributed by atoms with van der Waals surface area (Å²) >= 11 is 5.17. The minimum Gasteiger partial charge on any atom is -0.494 e. The highest BCUT2D eigenvalue weighted by molar-refractivity contribution is 7.71. The van der Waals surface area contributed by atoms with Crippen LogP contribution in [0.4, 0.5) is 0 Å². The van der Waals surface area contributed by atoms with Gasteiger partial charge in [-0.25, -0.2) is 0 Å². The number of imidazole rings is 1. The first-order valence-electron chi connectivity index (χ1n) is 9.34. The van der Waals surface area contributed by atoms with Gasteiger partial charge in [-0.1, -0.05) is 0 Å². The van der Waals surface area contributed by atoms with Gasteiger partial charge in [0, 0.05) is 23.6 Å². The first-order valence-corrected chi connectivity index (χ1v) is 9.75. The summed E-state index contributed by atoms with van der Waals surface area (Å²) in [5.41, 5.74) is 5.96. The normalized spacial score (nSPS) is 11.4. The number of benzene rings is 2. The minimum atomic E-state index is -0.805. The van der Waals surface area contributed by atoms with E-state index >= 15 is 0 Å². The molecule has 156 valence electrons. The highest BCUT2D eigenvalue weighted by atomic mass is 32.1. The lowest BCUT2D eigenvalue weighted by Crippen LogP contribution is -2.47. The zero-order valence-corrected chi connectivity index (χ0v) is 17.4. The van der Waals surface area contributed by atoms with Crippen molar-refractivity contribution in [3.05, 3.63) is 71.3 Å². The maximum atomic E-state index is 12.3. The molecule has 3 N–H and O–H groups in total. The number of hydrogen-bond acceptors (Lipinski definition) is 5. The monoisotopic (exact) mass is 426 g/mol. The number of hydrazine groups is 1. The average molecular weight is 426 g/mol. The number of ether oxygens (including phenoxy) is 2. The predicted molar refractivity (Wildman–Crippen MR) is 114 cm³/mol. The van der Waals surface area contributed by atoms with E-state index in [1.54, 1.807) is 72.4 Å². The van der Waals surface area contributed by atoms with Crippen molar-refractivity contribution in [2.75, 3.05) is 6.61 Å². The fourth-order valence-corrected chi connectivity index (χ4v) is 2.86. The lowest BCUT2D eigenvalue weighted by atomic mass is 10.2. The summed E-state index contributed by atoms with van der Waals surface area (Å²) in [5.74, 6) is 0.318. The van der Waals surface area contributed by atoms with Gasteiger partial charge < -0.3 is 14.5 Å². The SMILES string of the molecule is CCOc1ccc(OC(C)C(=O)NNC(=O)c2ccc(-n3cc[nH]c3=S)cc2)cc1. The quantitative estimate of drug-likeness (QED) is 0.398. The van der Waals surface area contributed by atoms with Gasteiger partial charge in [0.05, 0.1) is 6.61 Å². The standard InChI is InChI=1S/C21H22N4O4S/c1-3-28-17-8-10-18(11-9-17)29-14(2)19(26)23-24-20(27)15-4-6-16(7-5-15)25-13-12-22-21(25)30/h4-14H,3H2,1-2H3,(H,22,30)(H,23,26)(H,24,27). The van der Waals surface area contributed by atoms with Crippen LogP contribution in [0.1, 0.15) is 24.2 Å². The summed E-state index contributed by atoms with van der Waals surface area (Å²) in [6.07, 6.45) is 2.72. The van der Waals surface area contributed by atoms with Gasteiger partial charge in [-0.3, -0.25) is 25.0 Å². The van der Waals surface area contributed by atoms with Crippen LogP contribution in [0.5, 0.6) is 11.5 Å². The number of aromatic amines is 1. The van der Waals surface area contributed by atoms with Crippen molar-refractivity contribution < 1.29 is 19.1 Å². The summed E-state index contributed by atoms with van der Waals surface area (Å²) in [6, 6.07) is 13.8. The van der Waals surface area contributed by atoms with Crippen LogP contribution in [0.25, 0.3) is 5.69 Å². The maximum Gasteiger partial charge on any atom is 0.279 e. The summed E-state index contributed by atoms with van der Waals surface area (Å²) < 4.78 is 13.3. The topological polar surface area (TPSA) is 97.4 Å². The summed E-state index contributed by atoms with van der Waals surface area (Å²) in [6.45, 7) is 4.06. The number of carbonyl (C=O) groups is 2. The Bertz CT molecular complexity index is 1060. The van der Waals surface area contributed by atoms with Crippen molar-refractivity contribution in [3.63, 3.8) is 0 Å². The molecule has 1 atom stereocenters. The molecule has 0 saturated carbocycles. The van der Waals surface area contributed by atoms with E-state index in [0.717, 1.165) is 11.4 Å². The van der Waals surface area contributed by atoms with E-state index < -0.39 is 17.9 Å². The fourth-order valence-electron chi connectivity index (χ4n) is 2.63. The van der Waals surface area contributed by atoms with Gasteiger partial charge >= 0.3 is 0 Å². The number of H-pyrrole nitrogens is 1. The van der Waals surface area contributed by atoms with Crippen molar-refractivity contribution in [1.29, 1.82) is 0 Å². The third-order valence-electron chi connectivity index (χ3n) is 4.17. The molecule has 2 amide bonds. The average Bonchev–Trinajstić information content (AvgIpc) is 3.19. The van der Waals surface area contributed by atoms with Gasteiger partial charge in [-0.05, 0) is 74.6 Å². The van der Waals surface area contributed by atoms with Crippen LogP contribution in [0.15, 0.2) is 60.9 Å². The maximum absolute atomic E-state index is 12.3. The molecule has 0 saturated heterocycles. The van der Waals surface area contributed by atoms with Gasteiger partial charge in [0.2, 0.25) is 0 Å². The lowest BCUT2D eigenvalue weighted by molar-refractivity contribution is -0.128.